The Morgan fingerprint density at radius 3 is 0.880 bits per heavy atom. The molecule has 0 aromatic heterocycles. The fourth-order valence-electron chi connectivity index (χ4n) is 2.48. The second-order valence-electron chi connectivity index (χ2n) is 6.54. The number of aliphatic hydroxyl groups is 2. The van der Waals surface area contributed by atoms with Crippen molar-refractivity contribution in [2.24, 2.45) is 0 Å². The summed E-state index contributed by atoms with van der Waals surface area (Å²) in [6, 6.07) is 0. The number of nitrogens with zero attached hydrogens (tertiary/aromatic N) is 2. The van der Waals surface area contributed by atoms with Gasteiger partial charge in [-0.2, -0.15) is 0 Å². The van der Waals surface area contributed by atoms with Crippen molar-refractivity contribution in [3.63, 3.8) is 0 Å². The quantitative estimate of drug-likeness (QED) is 0.381. The molecule has 5 heteroatoms. The summed E-state index contributed by atoms with van der Waals surface area (Å²) in [6.07, 6.45) is 9.99. The number of unbranched alkanes of at least 4 members (excludes halogenated alkanes) is 4. The van der Waals surface area contributed by atoms with Gasteiger partial charge in [-0.15, -0.1) is 0 Å². The van der Waals surface area contributed by atoms with E-state index >= 15 is 0 Å². The molecule has 25 heavy (non-hydrogen) atoms. The summed E-state index contributed by atoms with van der Waals surface area (Å²) in [4.78, 5) is 4.71. The van der Waals surface area contributed by atoms with Crippen molar-refractivity contribution in [1.29, 1.82) is 0 Å². The van der Waals surface area contributed by atoms with Crippen molar-refractivity contribution < 1.29 is 27.3 Å². The Kier molecular flexibility index (Phi) is 32.0. The third-order valence-corrected chi connectivity index (χ3v) is 4.14. The number of aliphatic hydroxyl groups excluding tert-OH is 2. The molecular formula is C20H46CuN2O2. The zero-order valence-corrected chi connectivity index (χ0v) is 18.3. The van der Waals surface area contributed by atoms with Crippen LogP contribution in [0, 0.1) is 0 Å². The molecule has 0 amide bonds. The summed E-state index contributed by atoms with van der Waals surface area (Å²) in [5, 5.41) is 17.6. The molecule has 0 rings (SSSR count). The molecule has 0 bridgehead atoms. The Morgan fingerprint density at radius 1 is 0.480 bits per heavy atom. The van der Waals surface area contributed by atoms with Gasteiger partial charge in [-0.1, -0.05) is 53.4 Å². The van der Waals surface area contributed by atoms with Gasteiger partial charge in [-0.25, -0.2) is 0 Å². The van der Waals surface area contributed by atoms with Gasteiger partial charge in [0.15, 0.2) is 0 Å². The van der Waals surface area contributed by atoms with Crippen molar-refractivity contribution in [1.82, 2.24) is 9.80 Å². The monoisotopic (exact) mass is 409 g/mol. The summed E-state index contributed by atoms with van der Waals surface area (Å²) in [6.45, 7) is 15.7. The minimum atomic E-state index is 0. The molecule has 0 heterocycles. The van der Waals surface area contributed by atoms with Gasteiger partial charge in [-0.3, -0.25) is 0 Å². The third kappa shape index (κ3) is 24.4. The first-order chi connectivity index (χ1) is 11.7. The van der Waals surface area contributed by atoms with Crippen LogP contribution in [0.15, 0.2) is 0 Å². The molecule has 0 aromatic rings. The van der Waals surface area contributed by atoms with Gasteiger partial charge in [-0.05, 0) is 51.9 Å². The van der Waals surface area contributed by atoms with Crippen molar-refractivity contribution in [2.75, 3.05) is 52.5 Å². The number of hydrogen-bond donors (Lipinski definition) is 2. The predicted molar refractivity (Wildman–Crippen MR) is 107 cm³/mol. The van der Waals surface area contributed by atoms with Crippen molar-refractivity contribution in [2.45, 2.75) is 79.1 Å². The second kappa shape index (κ2) is 26.6. The van der Waals surface area contributed by atoms with Crippen LogP contribution in [0.4, 0.5) is 0 Å². The number of rotatable bonds is 16. The Hall–Kier alpha value is 0.359. The maximum absolute atomic E-state index is 8.79. The van der Waals surface area contributed by atoms with Gasteiger partial charge in [0.2, 0.25) is 0 Å². The first-order valence-corrected chi connectivity index (χ1v) is 10.4. The van der Waals surface area contributed by atoms with Crippen LogP contribution in [0.1, 0.15) is 79.1 Å². The minimum Gasteiger partial charge on any atom is -0.395 e. The first-order valence-electron chi connectivity index (χ1n) is 10.4. The van der Waals surface area contributed by atoms with E-state index in [0.717, 1.165) is 39.3 Å². The third-order valence-electron chi connectivity index (χ3n) is 4.14. The van der Waals surface area contributed by atoms with Crippen LogP contribution >= 0.6 is 0 Å². The molecule has 0 saturated heterocycles. The second-order valence-corrected chi connectivity index (χ2v) is 6.54. The topological polar surface area (TPSA) is 46.9 Å². The molecule has 0 atom stereocenters. The molecule has 4 nitrogen and oxygen atoms in total. The molecule has 0 aliphatic heterocycles. The maximum atomic E-state index is 8.79. The van der Waals surface area contributed by atoms with E-state index < -0.39 is 0 Å². The Labute approximate surface area is 168 Å². The van der Waals surface area contributed by atoms with Crippen molar-refractivity contribution >= 4 is 0 Å². The van der Waals surface area contributed by atoms with Crippen LogP contribution in [0.2, 0.25) is 0 Å². The summed E-state index contributed by atoms with van der Waals surface area (Å²) in [5.41, 5.74) is 0. The van der Waals surface area contributed by atoms with Gasteiger partial charge in [0.05, 0.1) is 13.2 Å². The molecule has 1 radical (unpaired) electrons. The van der Waals surface area contributed by atoms with Crippen LogP contribution < -0.4 is 0 Å². The molecule has 0 spiro atoms. The molecular weight excluding hydrogens is 364 g/mol. The average Bonchev–Trinajstić information content (AvgIpc) is 2.60. The van der Waals surface area contributed by atoms with E-state index in [2.05, 4.69) is 37.5 Å². The largest absolute Gasteiger partial charge is 0.395 e. The zero-order valence-electron chi connectivity index (χ0n) is 17.4. The van der Waals surface area contributed by atoms with E-state index in [1.165, 1.54) is 51.4 Å². The van der Waals surface area contributed by atoms with E-state index in [-0.39, 0.29) is 17.1 Å². The molecule has 0 fully saturated rings. The van der Waals surface area contributed by atoms with Crippen molar-refractivity contribution in [3.05, 3.63) is 0 Å². The van der Waals surface area contributed by atoms with Gasteiger partial charge < -0.3 is 20.0 Å². The van der Waals surface area contributed by atoms with Crippen LogP contribution in [0.25, 0.3) is 0 Å². The average molecular weight is 410 g/mol. The standard InChI is InChI=1S/2C10H23NO.Cu/c2*1-3-5-7-11(9-10-12)8-6-4-2;/h2*12H,3-10H2,1-2H3;. The molecule has 0 aliphatic rings. The van der Waals surface area contributed by atoms with Crippen LogP contribution in [0.3, 0.4) is 0 Å². The van der Waals surface area contributed by atoms with E-state index in [1.807, 2.05) is 0 Å². The predicted octanol–water partition coefficient (Wildman–Crippen LogP) is 3.76. The van der Waals surface area contributed by atoms with E-state index in [1.54, 1.807) is 0 Å². The van der Waals surface area contributed by atoms with Gasteiger partial charge in [0.25, 0.3) is 0 Å². The van der Waals surface area contributed by atoms with Crippen LogP contribution in [-0.2, 0) is 17.1 Å². The normalized spacial score (nSPS) is 10.6. The molecule has 0 aliphatic carbocycles. The zero-order chi connectivity index (χ0) is 18.5. The Balaban J connectivity index is -0.000000372. The summed E-state index contributed by atoms with van der Waals surface area (Å²) in [7, 11) is 0. The van der Waals surface area contributed by atoms with Gasteiger partial charge in [0.1, 0.15) is 0 Å². The van der Waals surface area contributed by atoms with Crippen LogP contribution in [-0.4, -0.2) is 72.5 Å². The molecule has 0 saturated carbocycles. The summed E-state index contributed by atoms with van der Waals surface area (Å²) in [5.74, 6) is 0. The molecule has 159 valence electrons. The summed E-state index contributed by atoms with van der Waals surface area (Å²) >= 11 is 0. The van der Waals surface area contributed by atoms with E-state index in [4.69, 9.17) is 10.2 Å². The van der Waals surface area contributed by atoms with E-state index in [9.17, 15) is 0 Å². The SMILES string of the molecule is CCCCN(CCO)CCCC.CCCCN(CCO)CCCC.[Cu]. The Morgan fingerprint density at radius 2 is 0.720 bits per heavy atom. The fourth-order valence-corrected chi connectivity index (χ4v) is 2.48. The maximum Gasteiger partial charge on any atom is 0.0558 e. The fraction of sp³-hybridized carbons (Fsp3) is 1.00. The van der Waals surface area contributed by atoms with Gasteiger partial charge in [0, 0.05) is 30.2 Å². The smallest absolute Gasteiger partial charge is 0.0558 e. The molecule has 0 unspecified atom stereocenters. The molecule has 0 aromatic carbocycles. The van der Waals surface area contributed by atoms with Gasteiger partial charge >= 0.3 is 0 Å². The molecule has 2 N–H and O–H groups in total. The first kappa shape index (κ1) is 30.1. The van der Waals surface area contributed by atoms with E-state index in [0.29, 0.717) is 13.2 Å². The summed E-state index contributed by atoms with van der Waals surface area (Å²) < 4.78 is 0. The van der Waals surface area contributed by atoms with Crippen molar-refractivity contribution in [3.8, 4) is 0 Å². The van der Waals surface area contributed by atoms with Crippen LogP contribution in [0.5, 0.6) is 0 Å². The minimum absolute atomic E-state index is 0. The number of hydrogen-bond acceptors (Lipinski definition) is 4. The Bertz CT molecular complexity index is 184.